The van der Waals surface area contributed by atoms with Crippen molar-refractivity contribution < 1.29 is 27.9 Å². The zero-order chi connectivity index (χ0) is 28.0. The highest BCUT2D eigenvalue weighted by molar-refractivity contribution is 7.92. The van der Waals surface area contributed by atoms with E-state index < -0.39 is 56.7 Å². The van der Waals surface area contributed by atoms with Crippen LogP contribution in [-0.4, -0.2) is 52.4 Å². The standard InChI is InChI=1S/C28H33Cl2NO6S/c1-27(2,3)38(35,36)16-22(17-8-9-17)31-24(18-10-12-20(29)13-11-18)25(19-6-5-7-21(30)14-19)37-28(4,26(31)34)15-23(32)33/h5-7,10-14,17,22,24-25H,8-9,15-16H2,1-4H3,(H,32,33)/t22-,24-,25-,28-/m1/s1. The molecule has 1 saturated heterocycles. The molecule has 0 aromatic heterocycles. The lowest BCUT2D eigenvalue weighted by atomic mass is 9.85. The van der Waals surface area contributed by atoms with Crippen LogP contribution in [0, 0.1) is 5.92 Å². The molecule has 2 aromatic rings. The molecule has 10 heteroatoms. The Morgan fingerprint density at radius 2 is 1.74 bits per heavy atom. The summed E-state index contributed by atoms with van der Waals surface area (Å²) in [4.78, 5) is 27.8. The Morgan fingerprint density at radius 1 is 1.11 bits per heavy atom. The van der Waals surface area contributed by atoms with Gasteiger partial charge < -0.3 is 14.7 Å². The number of nitrogens with zero attached hydrogens (tertiary/aromatic N) is 1. The van der Waals surface area contributed by atoms with Gasteiger partial charge in [0.05, 0.1) is 23.0 Å². The van der Waals surface area contributed by atoms with Crippen LogP contribution in [0.15, 0.2) is 48.5 Å². The molecule has 206 valence electrons. The minimum Gasteiger partial charge on any atom is -0.481 e. The number of hydrogen-bond donors (Lipinski definition) is 1. The van der Waals surface area contributed by atoms with E-state index in [4.69, 9.17) is 27.9 Å². The minimum absolute atomic E-state index is 0.0296. The number of sulfone groups is 1. The number of aliphatic carboxylic acids is 1. The zero-order valence-corrected chi connectivity index (χ0v) is 24.2. The normalized spacial score (nSPS) is 25.3. The molecule has 4 atom stereocenters. The van der Waals surface area contributed by atoms with Crippen LogP contribution in [0.4, 0.5) is 0 Å². The Kier molecular flexibility index (Phi) is 7.94. The molecule has 0 unspecified atom stereocenters. The first-order chi connectivity index (χ1) is 17.6. The number of hydrogen-bond acceptors (Lipinski definition) is 5. The minimum atomic E-state index is -3.63. The predicted molar refractivity (Wildman–Crippen MR) is 147 cm³/mol. The molecule has 1 aliphatic carbocycles. The van der Waals surface area contributed by atoms with Crippen molar-refractivity contribution in [2.24, 2.45) is 5.92 Å². The van der Waals surface area contributed by atoms with E-state index in [0.717, 1.165) is 12.8 Å². The number of ether oxygens (including phenoxy) is 1. The molecular weight excluding hydrogens is 549 g/mol. The van der Waals surface area contributed by atoms with Crippen molar-refractivity contribution >= 4 is 44.9 Å². The van der Waals surface area contributed by atoms with E-state index in [1.807, 2.05) is 6.07 Å². The highest BCUT2D eigenvalue weighted by Gasteiger charge is 2.56. The van der Waals surface area contributed by atoms with Gasteiger partial charge in [0, 0.05) is 16.1 Å². The Morgan fingerprint density at radius 3 is 2.26 bits per heavy atom. The van der Waals surface area contributed by atoms with Gasteiger partial charge in [-0.25, -0.2) is 8.42 Å². The quantitative estimate of drug-likeness (QED) is 0.419. The maximum atomic E-state index is 14.3. The fourth-order valence-corrected chi connectivity index (χ4v) is 6.74. The van der Waals surface area contributed by atoms with Crippen LogP contribution in [0.1, 0.15) is 70.2 Å². The van der Waals surface area contributed by atoms with E-state index >= 15 is 0 Å². The highest BCUT2D eigenvalue weighted by atomic mass is 35.5. The lowest BCUT2D eigenvalue weighted by molar-refractivity contribution is -0.206. The third-order valence-electron chi connectivity index (χ3n) is 7.38. The number of carboxylic acids is 1. The Hall–Kier alpha value is -2.13. The van der Waals surface area contributed by atoms with Crippen LogP contribution in [0.3, 0.4) is 0 Å². The van der Waals surface area contributed by atoms with Crippen molar-refractivity contribution in [1.29, 1.82) is 0 Å². The summed E-state index contributed by atoms with van der Waals surface area (Å²) in [5, 5.41) is 10.7. The van der Waals surface area contributed by atoms with Crippen LogP contribution in [0.25, 0.3) is 0 Å². The van der Waals surface area contributed by atoms with Gasteiger partial charge in [0.2, 0.25) is 0 Å². The molecule has 2 fully saturated rings. The third-order valence-corrected chi connectivity index (χ3v) is 10.5. The van der Waals surface area contributed by atoms with E-state index in [-0.39, 0.29) is 11.7 Å². The van der Waals surface area contributed by atoms with Gasteiger partial charge in [0.25, 0.3) is 5.91 Å². The second kappa shape index (κ2) is 10.5. The number of halogens is 2. The van der Waals surface area contributed by atoms with Crippen LogP contribution in [0.2, 0.25) is 10.0 Å². The number of amides is 1. The molecule has 7 nitrogen and oxygen atoms in total. The molecule has 2 aromatic carbocycles. The van der Waals surface area contributed by atoms with E-state index in [2.05, 4.69) is 0 Å². The molecule has 1 aliphatic heterocycles. The highest BCUT2D eigenvalue weighted by Crippen LogP contribution is 2.51. The number of carbonyl (C=O) groups is 2. The molecule has 2 aliphatic rings. The predicted octanol–water partition coefficient (Wildman–Crippen LogP) is 5.86. The topological polar surface area (TPSA) is 101 Å². The molecule has 4 rings (SSSR count). The summed E-state index contributed by atoms with van der Waals surface area (Å²) in [7, 11) is -3.63. The van der Waals surface area contributed by atoms with E-state index in [0.29, 0.717) is 21.2 Å². The first kappa shape index (κ1) is 28.9. The van der Waals surface area contributed by atoms with Gasteiger partial charge in [-0.1, -0.05) is 47.5 Å². The molecule has 1 amide bonds. The Bertz CT molecular complexity index is 1320. The fraction of sp³-hybridized carbons (Fsp3) is 0.500. The second-order valence-corrected chi connectivity index (χ2v) is 15.1. The number of benzene rings is 2. The summed E-state index contributed by atoms with van der Waals surface area (Å²) < 4.78 is 32.3. The van der Waals surface area contributed by atoms with E-state index in [1.165, 1.54) is 6.92 Å². The summed E-state index contributed by atoms with van der Waals surface area (Å²) in [6.07, 6.45) is 0.172. The zero-order valence-electron chi connectivity index (χ0n) is 21.9. The largest absolute Gasteiger partial charge is 0.481 e. The van der Waals surface area contributed by atoms with Crippen LogP contribution >= 0.6 is 23.2 Å². The van der Waals surface area contributed by atoms with Gasteiger partial charge in [-0.2, -0.15) is 0 Å². The molecule has 0 radical (unpaired) electrons. The number of carboxylic acid groups (broad SMARTS) is 1. The van der Waals surface area contributed by atoms with Crippen LogP contribution in [0.5, 0.6) is 0 Å². The van der Waals surface area contributed by atoms with Gasteiger partial charge in [-0.3, -0.25) is 9.59 Å². The number of rotatable bonds is 8. The van der Waals surface area contributed by atoms with Crippen molar-refractivity contribution in [3.63, 3.8) is 0 Å². The van der Waals surface area contributed by atoms with Crippen LogP contribution < -0.4 is 0 Å². The summed E-state index contributed by atoms with van der Waals surface area (Å²) in [5.41, 5.74) is -0.371. The molecular formula is C28H33Cl2NO6S. The van der Waals surface area contributed by atoms with Gasteiger partial charge in [0.1, 0.15) is 6.10 Å². The van der Waals surface area contributed by atoms with Crippen molar-refractivity contribution in [3.05, 3.63) is 69.7 Å². The second-order valence-electron chi connectivity index (χ2n) is 11.4. The summed E-state index contributed by atoms with van der Waals surface area (Å²) in [6, 6.07) is 12.6. The lowest BCUT2D eigenvalue weighted by Gasteiger charge is -2.52. The summed E-state index contributed by atoms with van der Waals surface area (Å²) in [6.45, 7) is 6.41. The third kappa shape index (κ3) is 5.88. The fourth-order valence-electron chi connectivity index (χ4n) is 5.03. The first-order valence-electron chi connectivity index (χ1n) is 12.6. The first-order valence-corrected chi connectivity index (χ1v) is 15.0. The molecule has 0 spiro atoms. The summed E-state index contributed by atoms with van der Waals surface area (Å²) >= 11 is 12.5. The summed E-state index contributed by atoms with van der Waals surface area (Å²) in [5.74, 6) is -2.00. The molecule has 1 N–H and O–H groups in total. The Balaban J connectivity index is 1.94. The Labute approximate surface area is 234 Å². The van der Waals surface area contributed by atoms with Gasteiger partial charge in [-0.05, 0) is 81.8 Å². The molecule has 1 saturated carbocycles. The van der Waals surface area contributed by atoms with E-state index in [1.54, 1.807) is 68.1 Å². The molecule has 38 heavy (non-hydrogen) atoms. The maximum absolute atomic E-state index is 14.3. The maximum Gasteiger partial charge on any atom is 0.306 e. The van der Waals surface area contributed by atoms with Crippen molar-refractivity contribution in [1.82, 2.24) is 4.90 Å². The SMILES string of the molecule is CC(C)(C)S(=O)(=O)C[C@H](C1CC1)N1C(=O)[C@@](C)(CC(=O)O)O[C@H](c2cccc(Cl)c2)[C@H]1c1ccc(Cl)cc1. The van der Waals surface area contributed by atoms with Crippen molar-refractivity contribution in [2.75, 3.05) is 5.75 Å². The van der Waals surface area contributed by atoms with Crippen LogP contribution in [-0.2, 0) is 24.2 Å². The van der Waals surface area contributed by atoms with Crippen molar-refractivity contribution in [2.45, 2.75) is 75.5 Å². The average molecular weight is 583 g/mol. The van der Waals surface area contributed by atoms with Crippen molar-refractivity contribution in [3.8, 4) is 0 Å². The van der Waals surface area contributed by atoms with Gasteiger partial charge in [0.15, 0.2) is 15.4 Å². The van der Waals surface area contributed by atoms with Gasteiger partial charge >= 0.3 is 5.97 Å². The molecule has 0 bridgehead atoms. The number of morpholine rings is 1. The monoisotopic (exact) mass is 581 g/mol. The number of carbonyl (C=O) groups excluding carboxylic acids is 1. The average Bonchev–Trinajstić information content (AvgIpc) is 3.64. The van der Waals surface area contributed by atoms with E-state index in [9.17, 15) is 23.1 Å². The van der Waals surface area contributed by atoms with Gasteiger partial charge in [-0.15, -0.1) is 0 Å². The lowest BCUT2D eigenvalue weighted by Crippen LogP contribution is -2.62. The molecule has 1 heterocycles. The smallest absolute Gasteiger partial charge is 0.306 e.